The van der Waals surface area contributed by atoms with Crippen molar-refractivity contribution < 1.29 is 32.2 Å². The van der Waals surface area contributed by atoms with Crippen molar-refractivity contribution in [1.82, 2.24) is 4.98 Å². The van der Waals surface area contributed by atoms with Crippen LogP contribution in [-0.4, -0.2) is 25.0 Å². The number of rotatable bonds is 6. The molecule has 0 bridgehead atoms. The topological polar surface area (TPSA) is 57.7 Å². The van der Waals surface area contributed by atoms with E-state index in [0.29, 0.717) is 39.5 Å². The molecular weight excluding hydrogens is 435 g/mol. The van der Waals surface area contributed by atoms with Crippen molar-refractivity contribution in [2.24, 2.45) is 0 Å². The van der Waals surface area contributed by atoms with Crippen molar-refractivity contribution in [2.45, 2.75) is 6.18 Å². The zero-order valence-electron chi connectivity index (χ0n) is 17.6. The molecule has 168 valence electrons. The van der Waals surface area contributed by atoms with E-state index in [4.69, 9.17) is 14.2 Å². The minimum atomic E-state index is -4.45. The van der Waals surface area contributed by atoms with Crippen molar-refractivity contribution in [1.29, 1.82) is 0 Å². The lowest BCUT2D eigenvalue weighted by Crippen LogP contribution is -2.06. The maximum Gasteiger partial charge on any atom is 0.416 e. The summed E-state index contributed by atoms with van der Waals surface area (Å²) in [5.41, 5.74) is 0.340. The lowest BCUT2D eigenvalue weighted by atomic mass is 10.0. The van der Waals surface area contributed by atoms with E-state index >= 15 is 0 Å². The third-order valence-electron chi connectivity index (χ3n) is 5.03. The SMILES string of the molecule is COc1cc2nccc(Oc3ccc(C(=O)c4ccc(C(F)(F)F)cc4)cc3)c2cc1OC. The molecule has 0 atom stereocenters. The first-order valence-corrected chi connectivity index (χ1v) is 9.81. The second-order valence-electron chi connectivity index (χ2n) is 7.06. The van der Waals surface area contributed by atoms with E-state index in [1.807, 2.05) is 0 Å². The van der Waals surface area contributed by atoms with Gasteiger partial charge in [0.05, 0.1) is 25.3 Å². The molecule has 0 unspecified atom stereocenters. The molecule has 0 aliphatic heterocycles. The molecule has 5 nitrogen and oxygen atoms in total. The van der Waals surface area contributed by atoms with Crippen LogP contribution in [0.25, 0.3) is 10.9 Å². The molecular formula is C25H18F3NO4. The molecule has 0 fully saturated rings. The number of hydrogen-bond acceptors (Lipinski definition) is 5. The Kier molecular flexibility index (Phi) is 5.91. The lowest BCUT2D eigenvalue weighted by molar-refractivity contribution is -0.137. The van der Waals surface area contributed by atoms with Gasteiger partial charge in [0.1, 0.15) is 11.5 Å². The van der Waals surface area contributed by atoms with Crippen molar-refractivity contribution in [2.75, 3.05) is 14.2 Å². The summed E-state index contributed by atoms with van der Waals surface area (Å²) in [5, 5.41) is 0.708. The highest BCUT2D eigenvalue weighted by Gasteiger charge is 2.30. The Labute approximate surface area is 187 Å². The lowest BCUT2D eigenvalue weighted by Gasteiger charge is -2.12. The Morgan fingerprint density at radius 2 is 1.36 bits per heavy atom. The Bertz CT molecular complexity index is 1300. The van der Waals surface area contributed by atoms with E-state index in [1.54, 1.807) is 48.7 Å². The number of halogens is 3. The van der Waals surface area contributed by atoms with E-state index < -0.39 is 11.7 Å². The average molecular weight is 453 g/mol. The van der Waals surface area contributed by atoms with E-state index in [0.717, 1.165) is 12.1 Å². The molecule has 3 aromatic carbocycles. The average Bonchev–Trinajstić information content (AvgIpc) is 2.83. The second kappa shape index (κ2) is 8.82. The third kappa shape index (κ3) is 4.59. The number of alkyl halides is 3. The molecule has 0 aliphatic rings. The number of carbonyl (C=O) groups is 1. The number of ketones is 1. The van der Waals surface area contributed by atoms with Crippen molar-refractivity contribution in [3.05, 3.63) is 89.6 Å². The predicted octanol–water partition coefficient (Wildman–Crippen LogP) is 6.29. The van der Waals surface area contributed by atoms with Gasteiger partial charge in [-0.25, -0.2) is 0 Å². The van der Waals surface area contributed by atoms with E-state index in [-0.39, 0.29) is 11.3 Å². The van der Waals surface area contributed by atoms with Gasteiger partial charge in [0.25, 0.3) is 0 Å². The monoisotopic (exact) mass is 453 g/mol. The van der Waals surface area contributed by atoms with E-state index in [2.05, 4.69) is 4.98 Å². The van der Waals surface area contributed by atoms with Gasteiger partial charge >= 0.3 is 6.18 Å². The van der Waals surface area contributed by atoms with Crippen LogP contribution in [0.3, 0.4) is 0 Å². The Morgan fingerprint density at radius 1 is 0.788 bits per heavy atom. The molecule has 0 N–H and O–H groups in total. The molecule has 0 amide bonds. The van der Waals surface area contributed by atoms with Gasteiger partial charge in [-0.05, 0) is 48.5 Å². The molecule has 0 saturated heterocycles. The largest absolute Gasteiger partial charge is 0.493 e. The molecule has 8 heteroatoms. The summed E-state index contributed by atoms with van der Waals surface area (Å²) in [4.78, 5) is 17.0. The number of carbonyl (C=O) groups excluding carboxylic acids is 1. The fourth-order valence-corrected chi connectivity index (χ4v) is 3.32. The summed E-state index contributed by atoms with van der Waals surface area (Å²) in [6.45, 7) is 0. The zero-order chi connectivity index (χ0) is 23.6. The smallest absolute Gasteiger partial charge is 0.416 e. The quantitative estimate of drug-likeness (QED) is 0.321. The van der Waals surface area contributed by atoms with Gasteiger partial charge in [-0.15, -0.1) is 0 Å². The number of hydrogen-bond donors (Lipinski definition) is 0. The molecule has 4 rings (SSSR count). The molecule has 1 heterocycles. The van der Waals surface area contributed by atoms with Gasteiger partial charge in [0.2, 0.25) is 0 Å². The summed E-state index contributed by atoms with van der Waals surface area (Å²) in [6.07, 6.45) is -2.85. The predicted molar refractivity (Wildman–Crippen MR) is 116 cm³/mol. The van der Waals surface area contributed by atoms with Crippen LogP contribution < -0.4 is 14.2 Å². The zero-order valence-corrected chi connectivity index (χ0v) is 17.6. The summed E-state index contributed by atoms with van der Waals surface area (Å²) in [5.74, 6) is 1.69. The molecule has 1 aromatic heterocycles. The molecule has 0 spiro atoms. The van der Waals surface area contributed by atoms with Crippen LogP contribution in [0, 0.1) is 0 Å². The highest BCUT2D eigenvalue weighted by Crippen LogP contribution is 2.37. The van der Waals surface area contributed by atoms with Crippen molar-refractivity contribution in [3.63, 3.8) is 0 Å². The number of methoxy groups -OCH3 is 2. The number of pyridine rings is 1. The van der Waals surface area contributed by atoms with Gasteiger partial charge in [0, 0.05) is 28.8 Å². The van der Waals surface area contributed by atoms with Crippen LogP contribution in [0.1, 0.15) is 21.5 Å². The van der Waals surface area contributed by atoms with Gasteiger partial charge in [-0.2, -0.15) is 13.2 Å². The number of aromatic nitrogens is 1. The first kappa shape index (κ1) is 22.1. The van der Waals surface area contributed by atoms with Gasteiger partial charge in [-0.3, -0.25) is 9.78 Å². The first-order chi connectivity index (χ1) is 15.8. The molecule has 0 aliphatic carbocycles. The maximum atomic E-state index is 12.7. The standard InChI is InChI=1S/C25H18F3NO4/c1-31-22-13-19-20(14-23(22)32-2)29-12-11-21(19)33-18-9-5-16(6-10-18)24(30)15-3-7-17(8-4-15)25(26,27)28/h3-14H,1-2H3. The van der Waals surface area contributed by atoms with E-state index in [1.165, 1.54) is 26.4 Å². The maximum absolute atomic E-state index is 12.7. The Morgan fingerprint density at radius 3 is 1.94 bits per heavy atom. The summed E-state index contributed by atoms with van der Waals surface area (Å²) in [7, 11) is 3.07. The fraction of sp³-hybridized carbons (Fsp3) is 0.120. The number of fused-ring (bicyclic) bond motifs is 1. The number of benzene rings is 3. The highest BCUT2D eigenvalue weighted by atomic mass is 19.4. The number of ether oxygens (including phenoxy) is 3. The van der Waals surface area contributed by atoms with E-state index in [9.17, 15) is 18.0 Å². The minimum absolute atomic E-state index is 0.165. The molecule has 33 heavy (non-hydrogen) atoms. The second-order valence-corrected chi connectivity index (χ2v) is 7.06. The van der Waals surface area contributed by atoms with Gasteiger partial charge in [0.15, 0.2) is 17.3 Å². The fourth-order valence-electron chi connectivity index (χ4n) is 3.32. The van der Waals surface area contributed by atoms with Crippen LogP contribution in [-0.2, 0) is 6.18 Å². The highest BCUT2D eigenvalue weighted by molar-refractivity contribution is 6.09. The van der Waals surface area contributed by atoms with Crippen LogP contribution in [0.2, 0.25) is 0 Å². The molecule has 0 saturated carbocycles. The Balaban J connectivity index is 1.57. The van der Waals surface area contributed by atoms with Gasteiger partial charge in [-0.1, -0.05) is 12.1 Å². The molecule has 4 aromatic rings. The summed E-state index contributed by atoms with van der Waals surface area (Å²) >= 11 is 0. The number of nitrogens with zero attached hydrogens (tertiary/aromatic N) is 1. The van der Waals surface area contributed by atoms with Gasteiger partial charge < -0.3 is 14.2 Å². The van der Waals surface area contributed by atoms with Crippen LogP contribution >= 0.6 is 0 Å². The minimum Gasteiger partial charge on any atom is -0.493 e. The summed E-state index contributed by atoms with van der Waals surface area (Å²) in [6, 6.07) is 15.7. The van der Waals surface area contributed by atoms with Crippen LogP contribution in [0.15, 0.2) is 72.9 Å². The Hall–Kier alpha value is -4.07. The van der Waals surface area contributed by atoms with Crippen molar-refractivity contribution in [3.8, 4) is 23.0 Å². The van der Waals surface area contributed by atoms with Crippen LogP contribution in [0.4, 0.5) is 13.2 Å². The third-order valence-corrected chi connectivity index (χ3v) is 5.03. The summed E-state index contributed by atoms with van der Waals surface area (Å²) < 4.78 is 54.8. The van der Waals surface area contributed by atoms with Crippen LogP contribution in [0.5, 0.6) is 23.0 Å². The molecule has 0 radical (unpaired) electrons. The first-order valence-electron chi connectivity index (χ1n) is 9.81. The normalized spacial score (nSPS) is 11.3. The van der Waals surface area contributed by atoms with Crippen molar-refractivity contribution >= 4 is 16.7 Å².